The van der Waals surface area contributed by atoms with E-state index in [-0.39, 0.29) is 25.4 Å². The molecule has 0 aliphatic carbocycles. The van der Waals surface area contributed by atoms with Crippen LogP contribution in [-0.4, -0.2) is 46.3 Å². The fraction of sp³-hybridized carbons (Fsp3) is 0.375. The molecular formula is C16H17FN2O3S. The summed E-state index contributed by atoms with van der Waals surface area (Å²) in [6, 6.07) is 9.44. The highest BCUT2D eigenvalue weighted by molar-refractivity contribution is 7.09. The fourth-order valence-corrected chi connectivity index (χ4v) is 3.04. The molecule has 1 aromatic carbocycles. The number of alkyl halides is 1. The first kappa shape index (κ1) is 15.9. The summed E-state index contributed by atoms with van der Waals surface area (Å²) in [4.78, 5) is 17.8. The van der Waals surface area contributed by atoms with Crippen molar-refractivity contribution in [3.63, 3.8) is 0 Å². The van der Waals surface area contributed by atoms with Crippen LogP contribution in [0.4, 0.5) is 4.39 Å². The van der Waals surface area contributed by atoms with Crippen LogP contribution < -0.4 is 4.74 Å². The van der Waals surface area contributed by atoms with Crippen LogP contribution in [0.25, 0.3) is 0 Å². The van der Waals surface area contributed by atoms with Crippen LogP contribution in [0.5, 0.6) is 5.75 Å². The number of para-hydroxylation sites is 1. The maximum atomic E-state index is 13.6. The van der Waals surface area contributed by atoms with Crippen LogP contribution in [0.2, 0.25) is 0 Å². The third-order valence-electron chi connectivity index (χ3n) is 3.62. The van der Waals surface area contributed by atoms with Crippen LogP contribution in [-0.2, 0) is 17.8 Å². The number of amides is 1. The molecule has 1 saturated heterocycles. The second-order valence-corrected chi connectivity index (χ2v) is 6.51. The smallest absolute Gasteiger partial charge is 0.228 e. The highest BCUT2D eigenvalue weighted by Crippen LogP contribution is 2.25. The molecule has 1 N–H and O–H groups in total. The molecule has 0 spiro atoms. The summed E-state index contributed by atoms with van der Waals surface area (Å²) in [7, 11) is 0. The summed E-state index contributed by atoms with van der Waals surface area (Å²) in [5.41, 5.74) is -0.973. The first-order valence-corrected chi connectivity index (χ1v) is 8.15. The summed E-state index contributed by atoms with van der Waals surface area (Å²) in [6.07, 6.45) is 0.142. The van der Waals surface area contributed by atoms with Gasteiger partial charge in [-0.15, -0.1) is 11.3 Å². The standard InChI is InChI=1S/C16H17FN2O3S/c17-16(11-20)9-19(10-16)15(21)6-12-8-23-14(18-12)7-22-13-4-2-1-3-5-13/h1-5,8,20H,6-7,9-11H2. The summed E-state index contributed by atoms with van der Waals surface area (Å²) in [5.74, 6) is 0.594. The minimum Gasteiger partial charge on any atom is -0.486 e. The number of halogens is 1. The molecule has 2 heterocycles. The van der Waals surface area contributed by atoms with Crippen molar-refractivity contribution in [3.05, 3.63) is 46.4 Å². The van der Waals surface area contributed by atoms with Crippen molar-refractivity contribution in [2.24, 2.45) is 0 Å². The Morgan fingerprint density at radius 1 is 1.39 bits per heavy atom. The highest BCUT2D eigenvalue weighted by atomic mass is 32.1. The van der Waals surface area contributed by atoms with Crippen LogP contribution in [0.15, 0.2) is 35.7 Å². The summed E-state index contributed by atoms with van der Waals surface area (Å²) < 4.78 is 19.2. The lowest BCUT2D eigenvalue weighted by molar-refractivity contribution is -0.148. The highest BCUT2D eigenvalue weighted by Gasteiger charge is 2.45. The number of likely N-dealkylation sites (tertiary alicyclic amines) is 1. The van der Waals surface area contributed by atoms with E-state index in [1.165, 1.54) is 16.2 Å². The van der Waals surface area contributed by atoms with E-state index in [1.807, 2.05) is 35.7 Å². The Kier molecular flexibility index (Phi) is 4.58. The normalized spacial score (nSPS) is 16.0. The molecule has 1 aromatic heterocycles. The number of ether oxygens (including phenoxy) is 1. The Labute approximate surface area is 137 Å². The topological polar surface area (TPSA) is 62.7 Å². The maximum absolute atomic E-state index is 13.6. The number of nitrogens with zero attached hydrogens (tertiary/aromatic N) is 2. The second-order valence-electron chi connectivity index (χ2n) is 5.57. The zero-order chi connectivity index (χ0) is 16.3. The minimum atomic E-state index is -1.63. The predicted molar refractivity (Wildman–Crippen MR) is 84.1 cm³/mol. The van der Waals surface area contributed by atoms with Gasteiger partial charge < -0.3 is 14.7 Å². The molecule has 2 aromatic rings. The third kappa shape index (κ3) is 3.86. The molecular weight excluding hydrogens is 319 g/mol. The van der Waals surface area contributed by atoms with E-state index in [2.05, 4.69) is 4.98 Å². The van der Waals surface area contributed by atoms with Gasteiger partial charge in [0.2, 0.25) is 5.91 Å². The van der Waals surface area contributed by atoms with Crippen molar-refractivity contribution in [3.8, 4) is 5.75 Å². The van der Waals surface area contributed by atoms with Gasteiger partial charge in [-0.05, 0) is 12.1 Å². The lowest BCUT2D eigenvalue weighted by Crippen LogP contribution is -2.63. The molecule has 3 rings (SSSR count). The molecule has 1 fully saturated rings. The third-order valence-corrected chi connectivity index (χ3v) is 4.49. The molecule has 0 atom stereocenters. The average molecular weight is 336 g/mol. The minimum absolute atomic E-state index is 0.0452. The number of thiazole rings is 1. The molecule has 0 radical (unpaired) electrons. The van der Waals surface area contributed by atoms with Gasteiger partial charge in [-0.3, -0.25) is 4.79 Å². The zero-order valence-corrected chi connectivity index (χ0v) is 13.3. The van der Waals surface area contributed by atoms with E-state index >= 15 is 0 Å². The number of aliphatic hydroxyl groups excluding tert-OH is 1. The molecule has 0 unspecified atom stereocenters. The second kappa shape index (κ2) is 6.64. The Morgan fingerprint density at radius 3 is 2.83 bits per heavy atom. The van der Waals surface area contributed by atoms with Crippen molar-refractivity contribution in [2.75, 3.05) is 19.7 Å². The summed E-state index contributed by atoms with van der Waals surface area (Å²) >= 11 is 1.43. The van der Waals surface area contributed by atoms with Gasteiger partial charge in [0.05, 0.1) is 31.8 Å². The van der Waals surface area contributed by atoms with E-state index in [4.69, 9.17) is 9.84 Å². The first-order valence-electron chi connectivity index (χ1n) is 7.27. The predicted octanol–water partition coefficient (Wildman–Crippen LogP) is 1.81. The number of rotatable bonds is 6. The first-order chi connectivity index (χ1) is 11.1. The Morgan fingerprint density at radius 2 is 2.13 bits per heavy atom. The van der Waals surface area contributed by atoms with E-state index < -0.39 is 12.3 Å². The summed E-state index contributed by atoms with van der Waals surface area (Å²) in [6.45, 7) is -0.286. The number of benzene rings is 1. The summed E-state index contributed by atoms with van der Waals surface area (Å²) in [5, 5.41) is 11.5. The van der Waals surface area contributed by atoms with E-state index in [0.717, 1.165) is 10.8 Å². The van der Waals surface area contributed by atoms with Gasteiger partial charge in [0, 0.05) is 5.38 Å². The average Bonchev–Trinajstić information content (AvgIpc) is 2.98. The van der Waals surface area contributed by atoms with E-state index in [9.17, 15) is 9.18 Å². The number of aromatic nitrogens is 1. The van der Waals surface area contributed by atoms with Gasteiger partial charge in [-0.1, -0.05) is 18.2 Å². The molecule has 5 nitrogen and oxygen atoms in total. The molecule has 1 amide bonds. The largest absolute Gasteiger partial charge is 0.486 e. The molecule has 23 heavy (non-hydrogen) atoms. The van der Waals surface area contributed by atoms with Crippen molar-refractivity contribution < 1.29 is 19.0 Å². The van der Waals surface area contributed by atoms with Crippen LogP contribution in [0.1, 0.15) is 10.7 Å². The van der Waals surface area contributed by atoms with Crippen molar-refractivity contribution >= 4 is 17.2 Å². The van der Waals surface area contributed by atoms with Gasteiger partial charge in [0.15, 0.2) is 5.67 Å². The molecule has 1 aliphatic heterocycles. The molecule has 7 heteroatoms. The number of carbonyl (C=O) groups is 1. The van der Waals surface area contributed by atoms with Gasteiger partial charge in [-0.25, -0.2) is 9.37 Å². The van der Waals surface area contributed by atoms with Gasteiger partial charge in [-0.2, -0.15) is 0 Å². The Balaban J connectivity index is 1.49. The quantitative estimate of drug-likeness (QED) is 0.874. The number of aliphatic hydroxyl groups is 1. The SMILES string of the molecule is O=C(Cc1csc(COc2ccccc2)n1)N1CC(F)(CO)C1. The fourth-order valence-electron chi connectivity index (χ4n) is 2.34. The maximum Gasteiger partial charge on any atom is 0.228 e. The van der Waals surface area contributed by atoms with Gasteiger partial charge >= 0.3 is 0 Å². The zero-order valence-electron chi connectivity index (χ0n) is 12.4. The molecule has 0 saturated carbocycles. The molecule has 122 valence electrons. The van der Waals surface area contributed by atoms with Crippen molar-refractivity contribution in [2.45, 2.75) is 18.7 Å². The molecule has 1 aliphatic rings. The van der Waals surface area contributed by atoms with E-state index in [1.54, 1.807) is 0 Å². The number of hydrogen-bond acceptors (Lipinski definition) is 5. The lowest BCUT2D eigenvalue weighted by atomic mass is 9.97. The Bertz CT molecular complexity index is 671. The van der Waals surface area contributed by atoms with Gasteiger partial charge in [0.25, 0.3) is 0 Å². The van der Waals surface area contributed by atoms with Crippen molar-refractivity contribution in [1.82, 2.24) is 9.88 Å². The molecule has 0 bridgehead atoms. The van der Waals surface area contributed by atoms with Crippen molar-refractivity contribution in [1.29, 1.82) is 0 Å². The van der Waals surface area contributed by atoms with Crippen LogP contribution in [0.3, 0.4) is 0 Å². The van der Waals surface area contributed by atoms with Crippen LogP contribution in [0, 0.1) is 0 Å². The lowest BCUT2D eigenvalue weighted by Gasteiger charge is -2.43. The van der Waals surface area contributed by atoms with E-state index in [0.29, 0.717) is 12.3 Å². The number of hydrogen-bond donors (Lipinski definition) is 1. The van der Waals surface area contributed by atoms with Crippen LogP contribution >= 0.6 is 11.3 Å². The Hall–Kier alpha value is -1.99. The van der Waals surface area contributed by atoms with Gasteiger partial charge in [0.1, 0.15) is 17.4 Å². The number of carbonyl (C=O) groups excluding carboxylic acids is 1. The monoisotopic (exact) mass is 336 g/mol.